The van der Waals surface area contributed by atoms with Gasteiger partial charge in [0.15, 0.2) is 0 Å². The van der Waals surface area contributed by atoms with E-state index in [0.29, 0.717) is 0 Å². The Hall–Kier alpha value is -1.84. The Labute approximate surface area is 87.4 Å². The summed E-state index contributed by atoms with van der Waals surface area (Å²) in [6.45, 7) is 2.25. The van der Waals surface area contributed by atoms with Crippen LogP contribution in [0.4, 0.5) is 5.69 Å². The number of aryl methyl sites for hydroxylation is 1. The summed E-state index contributed by atoms with van der Waals surface area (Å²) in [6, 6.07) is 7.67. The highest BCUT2D eigenvalue weighted by Crippen LogP contribution is 2.16. The summed E-state index contributed by atoms with van der Waals surface area (Å²) in [5.41, 5.74) is 2.01. The minimum Gasteiger partial charge on any atom is -0.390 e. The largest absolute Gasteiger partial charge is 0.390 e. The maximum Gasteiger partial charge on any atom is 0.333 e. The van der Waals surface area contributed by atoms with Gasteiger partial charge in [-0.15, -0.1) is 0 Å². The summed E-state index contributed by atoms with van der Waals surface area (Å²) >= 11 is 0. The van der Waals surface area contributed by atoms with Crippen LogP contribution in [-0.4, -0.2) is 25.0 Å². The van der Waals surface area contributed by atoms with Crippen LogP contribution in [0.2, 0.25) is 0 Å². The van der Waals surface area contributed by atoms with E-state index in [-0.39, 0.29) is 13.1 Å². The van der Waals surface area contributed by atoms with Crippen molar-refractivity contribution in [2.45, 2.75) is 6.92 Å². The molecule has 1 aliphatic heterocycles. The summed E-state index contributed by atoms with van der Waals surface area (Å²) in [4.78, 5) is 23.8. The van der Waals surface area contributed by atoms with Crippen LogP contribution >= 0.6 is 0 Å². The van der Waals surface area contributed by atoms with Crippen LogP contribution in [0.3, 0.4) is 0 Å². The van der Waals surface area contributed by atoms with Crippen molar-refractivity contribution in [1.29, 1.82) is 0 Å². The number of hydrogen-bond donors (Lipinski definition) is 0. The standard InChI is InChI=1S/C11H11NO3/c1-8-2-4-9(5-3-8)12-6-10(13)15-11(14)7-12/h2-5H,6-7H2,1H3. The Morgan fingerprint density at radius 2 is 1.60 bits per heavy atom. The number of benzene rings is 1. The van der Waals surface area contributed by atoms with Crippen molar-refractivity contribution in [2.24, 2.45) is 0 Å². The molecule has 4 nitrogen and oxygen atoms in total. The topological polar surface area (TPSA) is 46.6 Å². The molecule has 0 aliphatic carbocycles. The molecule has 15 heavy (non-hydrogen) atoms. The van der Waals surface area contributed by atoms with E-state index in [1.165, 1.54) is 0 Å². The molecule has 0 saturated carbocycles. The number of nitrogens with zero attached hydrogens (tertiary/aromatic N) is 1. The summed E-state index contributed by atoms with van der Waals surface area (Å²) in [5, 5.41) is 0. The lowest BCUT2D eigenvalue weighted by Crippen LogP contribution is -2.42. The van der Waals surface area contributed by atoms with Gasteiger partial charge in [-0.2, -0.15) is 0 Å². The van der Waals surface area contributed by atoms with Crippen LogP contribution in [0.15, 0.2) is 24.3 Å². The van der Waals surface area contributed by atoms with Gasteiger partial charge < -0.3 is 9.64 Å². The molecule has 1 saturated heterocycles. The molecular formula is C11H11NO3. The highest BCUT2D eigenvalue weighted by molar-refractivity contribution is 5.94. The maximum absolute atomic E-state index is 11.0. The number of cyclic esters (lactones) is 2. The van der Waals surface area contributed by atoms with E-state index in [2.05, 4.69) is 4.74 Å². The number of rotatable bonds is 1. The average molecular weight is 205 g/mol. The van der Waals surface area contributed by atoms with E-state index in [4.69, 9.17) is 0 Å². The lowest BCUT2D eigenvalue weighted by atomic mass is 10.2. The van der Waals surface area contributed by atoms with E-state index >= 15 is 0 Å². The molecule has 1 aliphatic rings. The van der Waals surface area contributed by atoms with Gasteiger partial charge >= 0.3 is 11.9 Å². The van der Waals surface area contributed by atoms with Gasteiger partial charge in [0.2, 0.25) is 0 Å². The number of esters is 2. The summed E-state index contributed by atoms with van der Waals surface area (Å²) < 4.78 is 4.44. The van der Waals surface area contributed by atoms with Crippen LogP contribution in [0, 0.1) is 6.92 Å². The van der Waals surface area contributed by atoms with Gasteiger partial charge in [-0.05, 0) is 19.1 Å². The molecule has 0 atom stereocenters. The summed E-state index contributed by atoms with van der Waals surface area (Å²) in [5.74, 6) is -0.987. The third-order valence-electron chi connectivity index (χ3n) is 2.27. The van der Waals surface area contributed by atoms with E-state index in [1.807, 2.05) is 31.2 Å². The normalized spacial score (nSPS) is 16.5. The SMILES string of the molecule is Cc1ccc(N2CC(=O)OC(=O)C2)cc1. The van der Waals surface area contributed by atoms with E-state index in [0.717, 1.165) is 11.3 Å². The quantitative estimate of drug-likeness (QED) is 0.504. The lowest BCUT2D eigenvalue weighted by molar-refractivity contribution is -0.160. The van der Waals surface area contributed by atoms with Crippen molar-refractivity contribution in [3.8, 4) is 0 Å². The predicted molar refractivity (Wildman–Crippen MR) is 54.5 cm³/mol. The Morgan fingerprint density at radius 3 is 2.13 bits per heavy atom. The highest BCUT2D eigenvalue weighted by atomic mass is 16.6. The third kappa shape index (κ3) is 2.15. The van der Waals surface area contributed by atoms with Crippen molar-refractivity contribution in [3.05, 3.63) is 29.8 Å². The van der Waals surface area contributed by atoms with Crippen molar-refractivity contribution < 1.29 is 14.3 Å². The van der Waals surface area contributed by atoms with Crippen molar-refractivity contribution in [2.75, 3.05) is 18.0 Å². The third-order valence-corrected chi connectivity index (χ3v) is 2.27. The van der Waals surface area contributed by atoms with Gasteiger partial charge in [-0.3, -0.25) is 0 Å². The molecule has 1 heterocycles. The van der Waals surface area contributed by atoms with E-state index in [9.17, 15) is 9.59 Å². The molecule has 4 heteroatoms. The molecule has 1 aromatic carbocycles. The molecule has 0 amide bonds. The van der Waals surface area contributed by atoms with Gasteiger partial charge in [-0.25, -0.2) is 9.59 Å². The number of anilines is 1. The lowest BCUT2D eigenvalue weighted by Gasteiger charge is -2.26. The molecule has 78 valence electrons. The number of carbonyl (C=O) groups is 2. The first-order valence-corrected chi connectivity index (χ1v) is 4.70. The fraction of sp³-hybridized carbons (Fsp3) is 0.273. The van der Waals surface area contributed by atoms with Crippen molar-refractivity contribution in [1.82, 2.24) is 0 Å². The molecule has 1 aromatic rings. The van der Waals surface area contributed by atoms with Gasteiger partial charge in [0, 0.05) is 5.69 Å². The molecule has 0 N–H and O–H groups in total. The fourth-order valence-electron chi connectivity index (χ4n) is 1.50. The monoisotopic (exact) mass is 205 g/mol. The number of carbonyl (C=O) groups excluding carboxylic acids is 2. The Balaban J connectivity index is 2.19. The number of morpholine rings is 1. The van der Waals surface area contributed by atoms with Crippen LogP contribution < -0.4 is 4.90 Å². The molecular weight excluding hydrogens is 194 g/mol. The van der Waals surface area contributed by atoms with Gasteiger partial charge in [0.25, 0.3) is 0 Å². The van der Waals surface area contributed by atoms with Crippen LogP contribution in [0.1, 0.15) is 5.56 Å². The second-order valence-corrected chi connectivity index (χ2v) is 3.54. The van der Waals surface area contributed by atoms with Gasteiger partial charge in [0.1, 0.15) is 13.1 Å². The second-order valence-electron chi connectivity index (χ2n) is 3.54. The highest BCUT2D eigenvalue weighted by Gasteiger charge is 2.24. The van der Waals surface area contributed by atoms with Crippen molar-refractivity contribution in [3.63, 3.8) is 0 Å². The minimum absolute atomic E-state index is 0.134. The zero-order valence-electron chi connectivity index (χ0n) is 8.40. The summed E-state index contributed by atoms with van der Waals surface area (Å²) in [6.07, 6.45) is 0. The maximum atomic E-state index is 11.0. The van der Waals surface area contributed by atoms with Gasteiger partial charge in [-0.1, -0.05) is 17.7 Å². The zero-order valence-corrected chi connectivity index (χ0v) is 8.40. The summed E-state index contributed by atoms with van der Waals surface area (Å²) in [7, 11) is 0. The zero-order chi connectivity index (χ0) is 10.8. The average Bonchev–Trinajstić information content (AvgIpc) is 2.17. The Morgan fingerprint density at radius 1 is 1.07 bits per heavy atom. The first-order valence-electron chi connectivity index (χ1n) is 4.70. The molecule has 0 bridgehead atoms. The smallest absolute Gasteiger partial charge is 0.333 e. The second kappa shape index (κ2) is 3.73. The predicted octanol–water partition coefficient (Wildman–Crippen LogP) is 0.885. The molecule has 0 radical (unpaired) electrons. The molecule has 0 spiro atoms. The Kier molecular flexibility index (Phi) is 2.41. The van der Waals surface area contributed by atoms with Crippen molar-refractivity contribution >= 4 is 17.6 Å². The van der Waals surface area contributed by atoms with Crippen LogP contribution in [0.5, 0.6) is 0 Å². The van der Waals surface area contributed by atoms with E-state index < -0.39 is 11.9 Å². The Bertz CT molecular complexity index is 381. The first-order chi connectivity index (χ1) is 7.15. The van der Waals surface area contributed by atoms with Crippen LogP contribution in [-0.2, 0) is 14.3 Å². The van der Waals surface area contributed by atoms with E-state index in [1.54, 1.807) is 4.90 Å². The number of hydrogen-bond acceptors (Lipinski definition) is 4. The van der Waals surface area contributed by atoms with Gasteiger partial charge in [0.05, 0.1) is 0 Å². The fourth-order valence-corrected chi connectivity index (χ4v) is 1.50. The molecule has 0 aromatic heterocycles. The first kappa shape index (κ1) is 9.71. The molecule has 1 fully saturated rings. The van der Waals surface area contributed by atoms with Crippen LogP contribution in [0.25, 0.3) is 0 Å². The minimum atomic E-state index is -0.494. The molecule has 2 rings (SSSR count). The number of ether oxygens (including phenoxy) is 1. The molecule has 0 unspecified atom stereocenters.